The third-order valence-corrected chi connectivity index (χ3v) is 1.39. The van der Waals surface area contributed by atoms with Gasteiger partial charge in [0.2, 0.25) is 0 Å². The smallest absolute Gasteiger partial charge is 0.134 e. The Hall–Kier alpha value is -1.78. The Morgan fingerprint density at radius 2 is 1.94 bits per heavy atom. The van der Waals surface area contributed by atoms with Crippen LogP contribution in [-0.4, -0.2) is 34.1 Å². The Morgan fingerprint density at radius 3 is 2.56 bits per heavy atom. The fourth-order valence-electron chi connectivity index (χ4n) is 0.604. The molecule has 0 aliphatic rings. The monoisotopic (exact) mass is 218 g/mol. The maximum Gasteiger partial charge on any atom is 0.134 e. The van der Waals surface area contributed by atoms with Gasteiger partial charge in [-0.2, -0.15) is 0 Å². The predicted octanol–water partition coefficient (Wildman–Crippen LogP) is 0.00570. The highest BCUT2D eigenvalue weighted by atomic mass is 16.3. The van der Waals surface area contributed by atoms with E-state index in [-0.39, 0.29) is 6.61 Å². The van der Waals surface area contributed by atoms with E-state index in [2.05, 4.69) is 30.3 Å². The van der Waals surface area contributed by atoms with Crippen molar-refractivity contribution in [1.82, 2.24) is 0 Å². The maximum absolute atomic E-state index is 8.95. The summed E-state index contributed by atoms with van der Waals surface area (Å²) in [5.41, 5.74) is 0. The first kappa shape index (κ1) is 14.2. The second-order valence-corrected chi connectivity index (χ2v) is 2.71. The molecule has 0 spiro atoms. The standard InChI is InChI=1S/C13H14O3/c1-2-12(15)9-7-5-3-4-6-8-10-13(16)11-14/h2,4,6,8,10,12-16H,1,11H2/b6-4-,10-8+. The van der Waals surface area contributed by atoms with Gasteiger partial charge in [-0.1, -0.05) is 42.7 Å². The lowest BCUT2D eigenvalue weighted by Crippen LogP contribution is -2.06. The molecule has 0 aromatic rings. The van der Waals surface area contributed by atoms with E-state index in [4.69, 9.17) is 15.3 Å². The average Bonchev–Trinajstić information content (AvgIpc) is 2.31. The summed E-state index contributed by atoms with van der Waals surface area (Å²) in [5, 5.41) is 26.3. The molecule has 0 saturated heterocycles. The molecule has 0 fully saturated rings. The fraction of sp³-hybridized carbons (Fsp3) is 0.231. The van der Waals surface area contributed by atoms with Gasteiger partial charge in [-0.15, -0.1) is 0 Å². The zero-order valence-corrected chi connectivity index (χ0v) is 8.80. The SMILES string of the molecule is C=CC(O)C#CC#C/C=C\C=C\C(O)CO. The lowest BCUT2D eigenvalue weighted by atomic mass is 10.3. The van der Waals surface area contributed by atoms with Crippen molar-refractivity contribution in [3.05, 3.63) is 37.0 Å². The van der Waals surface area contributed by atoms with Crippen LogP contribution in [0.2, 0.25) is 0 Å². The van der Waals surface area contributed by atoms with Gasteiger partial charge in [0.05, 0.1) is 12.7 Å². The van der Waals surface area contributed by atoms with Crippen molar-refractivity contribution in [1.29, 1.82) is 0 Å². The second kappa shape index (κ2) is 9.76. The van der Waals surface area contributed by atoms with E-state index in [1.54, 1.807) is 12.2 Å². The summed E-state index contributed by atoms with van der Waals surface area (Å²) in [7, 11) is 0. The van der Waals surface area contributed by atoms with Crippen LogP contribution in [0.3, 0.4) is 0 Å². The molecule has 3 N–H and O–H groups in total. The van der Waals surface area contributed by atoms with E-state index >= 15 is 0 Å². The van der Waals surface area contributed by atoms with E-state index in [0.29, 0.717) is 0 Å². The molecule has 0 heterocycles. The van der Waals surface area contributed by atoms with Gasteiger partial charge >= 0.3 is 0 Å². The first-order valence-electron chi connectivity index (χ1n) is 4.64. The van der Waals surface area contributed by atoms with Crippen molar-refractivity contribution in [2.24, 2.45) is 0 Å². The van der Waals surface area contributed by atoms with Crippen molar-refractivity contribution in [3.8, 4) is 23.7 Å². The van der Waals surface area contributed by atoms with E-state index in [0.717, 1.165) is 0 Å². The molecule has 0 aliphatic heterocycles. The minimum absolute atomic E-state index is 0.305. The van der Waals surface area contributed by atoms with E-state index in [1.165, 1.54) is 18.2 Å². The van der Waals surface area contributed by atoms with Crippen LogP contribution in [0.5, 0.6) is 0 Å². The molecule has 0 radical (unpaired) electrons. The molecule has 16 heavy (non-hydrogen) atoms. The topological polar surface area (TPSA) is 60.7 Å². The number of allylic oxidation sites excluding steroid dienone is 3. The minimum atomic E-state index is -0.849. The van der Waals surface area contributed by atoms with Crippen LogP contribution in [0.25, 0.3) is 0 Å². The van der Waals surface area contributed by atoms with Gasteiger partial charge in [-0.3, -0.25) is 0 Å². The van der Waals surface area contributed by atoms with E-state index in [1.807, 2.05) is 0 Å². The first-order chi connectivity index (χ1) is 7.70. The zero-order chi connectivity index (χ0) is 12.2. The molecule has 2 unspecified atom stereocenters. The van der Waals surface area contributed by atoms with Crippen molar-refractivity contribution in [3.63, 3.8) is 0 Å². The van der Waals surface area contributed by atoms with Crippen LogP contribution in [0.1, 0.15) is 0 Å². The molecule has 0 aromatic carbocycles. The normalized spacial score (nSPS) is 13.7. The third-order valence-electron chi connectivity index (χ3n) is 1.39. The molecule has 0 amide bonds. The summed E-state index contributed by atoms with van der Waals surface area (Å²) in [6.07, 6.45) is 5.77. The number of rotatable bonds is 4. The summed E-state index contributed by atoms with van der Waals surface area (Å²) in [4.78, 5) is 0. The lowest BCUT2D eigenvalue weighted by molar-refractivity contribution is 0.131. The number of hydrogen-bond donors (Lipinski definition) is 3. The summed E-state index contributed by atoms with van der Waals surface area (Å²) < 4.78 is 0. The Morgan fingerprint density at radius 1 is 1.19 bits per heavy atom. The molecule has 2 atom stereocenters. The highest BCUT2D eigenvalue weighted by molar-refractivity contribution is 5.33. The molecule has 0 aromatic heterocycles. The second-order valence-electron chi connectivity index (χ2n) is 2.71. The van der Waals surface area contributed by atoms with E-state index < -0.39 is 12.2 Å². The number of aliphatic hydroxyl groups excluding tert-OH is 3. The molecule has 3 nitrogen and oxygen atoms in total. The fourth-order valence-corrected chi connectivity index (χ4v) is 0.604. The van der Waals surface area contributed by atoms with Gasteiger partial charge in [-0.25, -0.2) is 0 Å². The minimum Gasteiger partial charge on any atom is -0.393 e. The van der Waals surface area contributed by atoms with E-state index in [9.17, 15) is 0 Å². The highest BCUT2D eigenvalue weighted by Crippen LogP contribution is 1.84. The van der Waals surface area contributed by atoms with Gasteiger partial charge in [0, 0.05) is 0 Å². The van der Waals surface area contributed by atoms with Crippen molar-refractivity contribution in [2.75, 3.05) is 6.61 Å². The Balaban J connectivity index is 4.00. The largest absolute Gasteiger partial charge is 0.393 e. The van der Waals surface area contributed by atoms with Crippen LogP contribution in [0, 0.1) is 23.7 Å². The molecule has 0 bridgehead atoms. The maximum atomic E-state index is 8.95. The van der Waals surface area contributed by atoms with Crippen LogP contribution < -0.4 is 0 Å². The van der Waals surface area contributed by atoms with Gasteiger partial charge in [0.15, 0.2) is 0 Å². The molecule has 0 aliphatic carbocycles. The van der Waals surface area contributed by atoms with Gasteiger partial charge in [-0.05, 0) is 17.9 Å². The first-order valence-corrected chi connectivity index (χ1v) is 4.64. The van der Waals surface area contributed by atoms with Gasteiger partial charge < -0.3 is 15.3 Å². The quantitative estimate of drug-likeness (QED) is 0.354. The molecular weight excluding hydrogens is 204 g/mol. The molecule has 3 heteroatoms. The van der Waals surface area contributed by atoms with Crippen molar-refractivity contribution >= 4 is 0 Å². The Kier molecular flexibility index (Phi) is 8.68. The van der Waals surface area contributed by atoms with Crippen LogP contribution in [0.4, 0.5) is 0 Å². The molecule has 84 valence electrons. The Labute approximate surface area is 95.4 Å². The van der Waals surface area contributed by atoms with Crippen LogP contribution in [0.15, 0.2) is 37.0 Å². The van der Waals surface area contributed by atoms with Gasteiger partial charge in [0.25, 0.3) is 0 Å². The number of hydrogen-bond acceptors (Lipinski definition) is 3. The third kappa shape index (κ3) is 8.80. The summed E-state index contributed by atoms with van der Waals surface area (Å²) in [6, 6.07) is 0. The summed E-state index contributed by atoms with van der Waals surface area (Å²) in [6.45, 7) is 3.05. The molecular formula is C13H14O3. The van der Waals surface area contributed by atoms with Crippen LogP contribution in [-0.2, 0) is 0 Å². The predicted molar refractivity (Wildman–Crippen MR) is 63.1 cm³/mol. The van der Waals surface area contributed by atoms with Crippen molar-refractivity contribution in [2.45, 2.75) is 12.2 Å². The molecule has 0 rings (SSSR count). The summed E-state index contributed by atoms with van der Waals surface area (Å²) in [5.74, 6) is 10.0. The van der Waals surface area contributed by atoms with Gasteiger partial charge in [0.1, 0.15) is 6.10 Å². The zero-order valence-electron chi connectivity index (χ0n) is 8.80. The highest BCUT2D eigenvalue weighted by Gasteiger charge is 1.90. The van der Waals surface area contributed by atoms with Crippen molar-refractivity contribution < 1.29 is 15.3 Å². The molecule has 0 saturated carbocycles. The Bertz CT molecular complexity index is 371. The van der Waals surface area contributed by atoms with Crippen LogP contribution >= 0.6 is 0 Å². The average molecular weight is 218 g/mol. The lowest BCUT2D eigenvalue weighted by Gasteiger charge is -1.95. The number of aliphatic hydroxyl groups is 3. The summed E-state index contributed by atoms with van der Waals surface area (Å²) >= 11 is 0.